The molecule has 2 aromatic rings. The van der Waals surface area contributed by atoms with Gasteiger partial charge in [0.05, 0.1) is 12.6 Å². The van der Waals surface area contributed by atoms with E-state index < -0.39 is 18.1 Å². The first-order valence-corrected chi connectivity index (χ1v) is 9.56. The minimum atomic E-state index is -1.03. The number of rotatable bonds is 5. The van der Waals surface area contributed by atoms with Crippen molar-refractivity contribution in [3.63, 3.8) is 0 Å². The van der Waals surface area contributed by atoms with E-state index in [0.717, 1.165) is 22.3 Å². The number of nitrogens with zero attached hydrogens (tertiary/aromatic N) is 1. The topological polar surface area (TPSA) is 76.1 Å². The monoisotopic (exact) mass is 381 g/mol. The molecule has 6 heteroatoms. The van der Waals surface area contributed by atoms with E-state index in [-0.39, 0.29) is 31.6 Å². The minimum Gasteiger partial charge on any atom is -0.480 e. The molecule has 0 radical (unpaired) electrons. The van der Waals surface area contributed by atoms with E-state index in [0.29, 0.717) is 6.61 Å². The minimum absolute atomic E-state index is 0.0510. The first-order chi connectivity index (χ1) is 13.6. The Kier molecular flexibility index (Phi) is 5.05. The maximum Gasteiger partial charge on any atom is 0.410 e. The van der Waals surface area contributed by atoms with Crippen molar-refractivity contribution >= 4 is 12.1 Å². The lowest BCUT2D eigenvalue weighted by Crippen LogP contribution is -2.41. The highest BCUT2D eigenvalue weighted by molar-refractivity contribution is 5.81. The lowest BCUT2D eigenvalue weighted by atomic mass is 9.98. The molecule has 1 saturated heterocycles. The van der Waals surface area contributed by atoms with Crippen LogP contribution in [0.5, 0.6) is 0 Å². The number of ether oxygens (including phenoxy) is 2. The van der Waals surface area contributed by atoms with Gasteiger partial charge in [-0.05, 0) is 29.2 Å². The van der Waals surface area contributed by atoms with Crippen LogP contribution in [0.4, 0.5) is 4.79 Å². The van der Waals surface area contributed by atoms with Gasteiger partial charge in [0.25, 0.3) is 0 Å². The highest BCUT2D eigenvalue weighted by atomic mass is 16.6. The van der Waals surface area contributed by atoms with E-state index in [1.165, 1.54) is 4.90 Å². The van der Waals surface area contributed by atoms with Gasteiger partial charge in [0.1, 0.15) is 12.6 Å². The van der Waals surface area contributed by atoms with Gasteiger partial charge < -0.3 is 14.6 Å². The Morgan fingerprint density at radius 3 is 2.25 bits per heavy atom. The molecule has 4 rings (SSSR count). The van der Waals surface area contributed by atoms with Gasteiger partial charge in [-0.1, -0.05) is 48.5 Å². The van der Waals surface area contributed by atoms with Crippen molar-refractivity contribution in [2.24, 2.45) is 0 Å². The molecule has 2 aromatic carbocycles. The molecule has 0 spiro atoms. The number of benzene rings is 2. The largest absolute Gasteiger partial charge is 0.480 e. The molecule has 146 valence electrons. The van der Waals surface area contributed by atoms with Crippen molar-refractivity contribution in [1.29, 1.82) is 0 Å². The van der Waals surface area contributed by atoms with Crippen molar-refractivity contribution in [3.05, 3.63) is 59.7 Å². The molecule has 0 saturated carbocycles. The van der Waals surface area contributed by atoms with Crippen LogP contribution in [-0.4, -0.2) is 54.0 Å². The van der Waals surface area contributed by atoms with Crippen LogP contribution in [0, 0.1) is 0 Å². The molecule has 1 aliphatic carbocycles. The van der Waals surface area contributed by atoms with Gasteiger partial charge in [-0.3, -0.25) is 4.90 Å². The zero-order valence-electron chi connectivity index (χ0n) is 15.7. The Bertz CT molecular complexity index is 851. The average molecular weight is 381 g/mol. The number of fused-ring (bicyclic) bond motifs is 3. The summed E-state index contributed by atoms with van der Waals surface area (Å²) < 4.78 is 11.1. The van der Waals surface area contributed by atoms with Gasteiger partial charge >= 0.3 is 12.1 Å². The van der Waals surface area contributed by atoms with Gasteiger partial charge in [-0.15, -0.1) is 0 Å². The first kappa shape index (κ1) is 18.5. The fourth-order valence-corrected chi connectivity index (χ4v) is 4.27. The van der Waals surface area contributed by atoms with Crippen molar-refractivity contribution < 1.29 is 24.2 Å². The second-order valence-electron chi connectivity index (χ2n) is 7.12. The molecule has 0 aromatic heterocycles. The Hall–Kier alpha value is -2.86. The van der Waals surface area contributed by atoms with Crippen LogP contribution in [-0.2, 0) is 14.3 Å². The van der Waals surface area contributed by atoms with E-state index in [4.69, 9.17) is 9.47 Å². The van der Waals surface area contributed by atoms with Crippen molar-refractivity contribution in [1.82, 2.24) is 4.90 Å². The fraction of sp³-hybridized carbons (Fsp3) is 0.364. The molecule has 6 nitrogen and oxygen atoms in total. The molecule has 28 heavy (non-hydrogen) atoms. The predicted octanol–water partition coefficient (Wildman–Crippen LogP) is 3.50. The summed E-state index contributed by atoms with van der Waals surface area (Å²) in [6.07, 6.45) is -0.587. The average Bonchev–Trinajstić information content (AvgIpc) is 3.26. The van der Waals surface area contributed by atoms with E-state index in [1.54, 1.807) is 0 Å². The summed E-state index contributed by atoms with van der Waals surface area (Å²) in [5.74, 6) is -1.08. The third kappa shape index (κ3) is 3.24. The van der Waals surface area contributed by atoms with Gasteiger partial charge in [-0.2, -0.15) is 0 Å². The molecule has 1 amide bonds. The number of carbonyl (C=O) groups excluding carboxylic acids is 1. The Labute approximate surface area is 163 Å². The van der Waals surface area contributed by atoms with E-state index in [1.807, 2.05) is 31.2 Å². The molecule has 1 N–H and O–H groups in total. The van der Waals surface area contributed by atoms with E-state index in [9.17, 15) is 14.7 Å². The van der Waals surface area contributed by atoms with Crippen molar-refractivity contribution in [3.8, 4) is 11.1 Å². The molecule has 0 unspecified atom stereocenters. The number of hydrogen-bond acceptors (Lipinski definition) is 4. The summed E-state index contributed by atoms with van der Waals surface area (Å²) in [6.45, 7) is 2.75. The molecule has 0 bridgehead atoms. The second kappa shape index (κ2) is 7.64. The van der Waals surface area contributed by atoms with Crippen molar-refractivity contribution in [2.45, 2.75) is 31.4 Å². The summed E-state index contributed by atoms with van der Waals surface area (Å²) in [7, 11) is 0. The van der Waals surface area contributed by atoms with Crippen molar-refractivity contribution in [2.75, 3.05) is 19.8 Å². The molecule has 2 atom stereocenters. The second-order valence-corrected chi connectivity index (χ2v) is 7.12. The molecule has 2 aliphatic rings. The van der Waals surface area contributed by atoms with Crippen LogP contribution < -0.4 is 0 Å². The first-order valence-electron chi connectivity index (χ1n) is 9.56. The highest BCUT2D eigenvalue weighted by Crippen LogP contribution is 2.44. The maximum absolute atomic E-state index is 12.7. The molecule has 1 heterocycles. The van der Waals surface area contributed by atoms with Crippen LogP contribution in [0.2, 0.25) is 0 Å². The fourth-order valence-electron chi connectivity index (χ4n) is 4.27. The summed E-state index contributed by atoms with van der Waals surface area (Å²) in [4.78, 5) is 25.5. The number of carbonyl (C=O) groups is 2. The molecule has 1 aliphatic heterocycles. The van der Waals surface area contributed by atoms with Crippen LogP contribution in [0.25, 0.3) is 11.1 Å². The van der Waals surface area contributed by atoms with Crippen LogP contribution in [0.3, 0.4) is 0 Å². The molecule has 1 fully saturated rings. The Morgan fingerprint density at radius 1 is 1.07 bits per heavy atom. The van der Waals surface area contributed by atoms with Gasteiger partial charge in [-0.25, -0.2) is 9.59 Å². The third-order valence-electron chi connectivity index (χ3n) is 5.52. The number of likely N-dealkylation sites (tertiary alicyclic amines) is 1. The summed E-state index contributed by atoms with van der Waals surface area (Å²) in [6, 6.07) is 15.3. The smallest absolute Gasteiger partial charge is 0.410 e. The predicted molar refractivity (Wildman–Crippen MR) is 103 cm³/mol. The van der Waals surface area contributed by atoms with E-state index >= 15 is 0 Å². The normalized spacial score (nSPS) is 20.7. The van der Waals surface area contributed by atoms with Gasteiger partial charge in [0.2, 0.25) is 0 Å². The zero-order chi connectivity index (χ0) is 19.7. The van der Waals surface area contributed by atoms with Crippen LogP contribution in [0.1, 0.15) is 30.4 Å². The number of carboxylic acids is 1. The number of amides is 1. The lowest BCUT2D eigenvalue weighted by molar-refractivity contribution is -0.141. The highest BCUT2D eigenvalue weighted by Gasteiger charge is 2.41. The summed E-state index contributed by atoms with van der Waals surface area (Å²) in [5, 5.41) is 9.45. The third-order valence-corrected chi connectivity index (χ3v) is 5.52. The summed E-state index contributed by atoms with van der Waals surface area (Å²) in [5.41, 5.74) is 4.56. The van der Waals surface area contributed by atoms with E-state index in [2.05, 4.69) is 24.3 Å². The van der Waals surface area contributed by atoms with Gasteiger partial charge in [0, 0.05) is 18.9 Å². The SMILES string of the molecule is CCO[C@@H]1C[C@H](C(=O)O)N(C(=O)OCC2c3ccccc3-c3ccccc32)C1. The Balaban J connectivity index is 1.50. The maximum atomic E-state index is 12.7. The number of hydrogen-bond donors (Lipinski definition) is 1. The van der Waals surface area contributed by atoms with Gasteiger partial charge in [0.15, 0.2) is 0 Å². The summed E-state index contributed by atoms with van der Waals surface area (Å²) >= 11 is 0. The molecular formula is C22H23NO5. The molecular weight excluding hydrogens is 358 g/mol. The number of carboxylic acid groups (broad SMARTS) is 1. The standard InChI is InChI=1S/C22H23NO5/c1-2-27-14-11-20(21(24)25)23(12-14)22(26)28-13-19-17-9-5-3-7-15(17)16-8-4-6-10-18(16)19/h3-10,14,19-20H,2,11-13H2,1H3,(H,24,25)/t14-,20-/m1/s1. The lowest BCUT2D eigenvalue weighted by Gasteiger charge is -2.22. The Morgan fingerprint density at radius 2 is 1.68 bits per heavy atom. The van der Waals surface area contributed by atoms with Crippen LogP contribution >= 0.6 is 0 Å². The van der Waals surface area contributed by atoms with Crippen LogP contribution in [0.15, 0.2) is 48.5 Å². The quantitative estimate of drug-likeness (QED) is 0.858. The number of aliphatic carboxylic acids is 1. The zero-order valence-corrected chi connectivity index (χ0v) is 15.7.